The molecular weight excluding hydrogens is 176 g/mol. The molecule has 2 atom stereocenters. The van der Waals surface area contributed by atoms with Gasteiger partial charge < -0.3 is 15.7 Å². The van der Waals surface area contributed by atoms with Crippen LogP contribution in [-0.2, 0) is 0 Å². The summed E-state index contributed by atoms with van der Waals surface area (Å²) in [6, 6.07) is 1.17. The van der Waals surface area contributed by atoms with E-state index in [2.05, 4.69) is 24.5 Å². The fourth-order valence-corrected chi connectivity index (χ4v) is 2.46. The summed E-state index contributed by atoms with van der Waals surface area (Å²) in [6.07, 6.45) is 3.27. The van der Waals surface area contributed by atoms with Crippen LogP contribution >= 0.6 is 0 Å². The number of aliphatic hydroxyl groups is 1. The third-order valence-electron chi connectivity index (χ3n) is 3.99. The van der Waals surface area contributed by atoms with E-state index >= 15 is 0 Å². The van der Waals surface area contributed by atoms with Crippen LogP contribution in [0.15, 0.2) is 0 Å². The van der Waals surface area contributed by atoms with Crippen molar-refractivity contribution >= 4 is 0 Å². The Balaban J connectivity index is 1.80. The quantitative estimate of drug-likeness (QED) is 0.605. The van der Waals surface area contributed by atoms with Crippen molar-refractivity contribution in [2.24, 2.45) is 5.41 Å². The minimum absolute atomic E-state index is 0.0743. The van der Waals surface area contributed by atoms with Crippen molar-refractivity contribution in [1.29, 1.82) is 0 Å². The standard InChI is InChI=1S/C11H22N2O/c1-11(2)9(7-10(11)14)13-8-3-5-12-6-4-8/h8-10,12-14H,3-7H2,1-2H3. The van der Waals surface area contributed by atoms with Gasteiger partial charge in [-0.3, -0.25) is 0 Å². The van der Waals surface area contributed by atoms with E-state index < -0.39 is 0 Å². The third-order valence-corrected chi connectivity index (χ3v) is 3.99. The molecule has 1 heterocycles. The minimum atomic E-state index is -0.110. The van der Waals surface area contributed by atoms with E-state index in [0.29, 0.717) is 12.1 Å². The lowest BCUT2D eigenvalue weighted by Crippen LogP contribution is -2.62. The van der Waals surface area contributed by atoms with Crippen molar-refractivity contribution in [1.82, 2.24) is 10.6 Å². The number of aliphatic hydroxyl groups excluding tert-OH is 1. The van der Waals surface area contributed by atoms with E-state index in [9.17, 15) is 5.11 Å². The molecule has 0 spiro atoms. The molecule has 2 fully saturated rings. The van der Waals surface area contributed by atoms with Crippen molar-refractivity contribution in [3.05, 3.63) is 0 Å². The molecule has 3 heteroatoms. The van der Waals surface area contributed by atoms with Crippen LogP contribution in [0.2, 0.25) is 0 Å². The highest BCUT2D eigenvalue weighted by molar-refractivity contribution is 5.02. The summed E-state index contributed by atoms with van der Waals surface area (Å²) in [7, 11) is 0. The summed E-state index contributed by atoms with van der Waals surface area (Å²) >= 11 is 0. The van der Waals surface area contributed by atoms with Gasteiger partial charge in [0.1, 0.15) is 0 Å². The average Bonchev–Trinajstić information content (AvgIpc) is 2.19. The molecular formula is C11H22N2O. The zero-order valence-electron chi connectivity index (χ0n) is 9.21. The highest BCUT2D eigenvalue weighted by Gasteiger charge is 2.47. The van der Waals surface area contributed by atoms with Gasteiger partial charge in [-0.2, -0.15) is 0 Å². The molecule has 2 aliphatic rings. The molecule has 1 saturated carbocycles. The second kappa shape index (κ2) is 3.80. The van der Waals surface area contributed by atoms with Crippen LogP contribution < -0.4 is 10.6 Å². The lowest BCUT2D eigenvalue weighted by Gasteiger charge is -2.51. The maximum atomic E-state index is 9.62. The van der Waals surface area contributed by atoms with E-state index in [1.54, 1.807) is 0 Å². The molecule has 2 unspecified atom stereocenters. The third kappa shape index (κ3) is 1.81. The molecule has 0 amide bonds. The number of hydrogen-bond acceptors (Lipinski definition) is 3. The monoisotopic (exact) mass is 198 g/mol. The molecule has 1 aliphatic carbocycles. The molecule has 0 bridgehead atoms. The van der Waals surface area contributed by atoms with Crippen LogP contribution in [0.3, 0.4) is 0 Å². The first-order valence-electron chi connectivity index (χ1n) is 5.75. The topological polar surface area (TPSA) is 44.3 Å². The molecule has 3 nitrogen and oxygen atoms in total. The summed E-state index contributed by atoms with van der Waals surface area (Å²) < 4.78 is 0. The fourth-order valence-electron chi connectivity index (χ4n) is 2.46. The summed E-state index contributed by atoms with van der Waals surface area (Å²) in [5, 5.41) is 16.7. The lowest BCUT2D eigenvalue weighted by molar-refractivity contribution is -0.0767. The van der Waals surface area contributed by atoms with Crippen LogP contribution in [-0.4, -0.2) is 36.4 Å². The predicted molar refractivity (Wildman–Crippen MR) is 57.2 cm³/mol. The maximum absolute atomic E-state index is 9.62. The Labute approximate surface area is 86.3 Å². The molecule has 0 aromatic heterocycles. The molecule has 3 N–H and O–H groups in total. The van der Waals surface area contributed by atoms with Crippen molar-refractivity contribution in [3.8, 4) is 0 Å². The Morgan fingerprint density at radius 1 is 1.29 bits per heavy atom. The van der Waals surface area contributed by atoms with Gasteiger partial charge >= 0.3 is 0 Å². The zero-order valence-corrected chi connectivity index (χ0v) is 9.21. The molecule has 0 radical (unpaired) electrons. The number of rotatable bonds is 2. The Morgan fingerprint density at radius 3 is 2.43 bits per heavy atom. The van der Waals surface area contributed by atoms with Crippen LogP contribution in [0.25, 0.3) is 0 Å². The Hall–Kier alpha value is -0.120. The molecule has 82 valence electrons. The molecule has 2 rings (SSSR count). The van der Waals surface area contributed by atoms with Crippen molar-refractivity contribution in [3.63, 3.8) is 0 Å². The minimum Gasteiger partial charge on any atom is -0.392 e. The number of hydrogen-bond donors (Lipinski definition) is 3. The van der Waals surface area contributed by atoms with Crippen LogP contribution in [0, 0.1) is 5.41 Å². The van der Waals surface area contributed by atoms with E-state index in [1.165, 1.54) is 12.8 Å². The second-order valence-electron chi connectivity index (χ2n) is 5.32. The van der Waals surface area contributed by atoms with Crippen LogP contribution in [0.4, 0.5) is 0 Å². The Kier molecular flexibility index (Phi) is 2.82. The maximum Gasteiger partial charge on any atom is 0.0621 e. The average molecular weight is 198 g/mol. The molecule has 0 aromatic rings. The Morgan fingerprint density at radius 2 is 1.93 bits per heavy atom. The van der Waals surface area contributed by atoms with Gasteiger partial charge in [-0.25, -0.2) is 0 Å². The lowest BCUT2D eigenvalue weighted by atomic mass is 9.64. The SMILES string of the molecule is CC1(C)C(O)CC1NC1CCNCC1. The van der Waals surface area contributed by atoms with E-state index in [1.807, 2.05) is 0 Å². The van der Waals surface area contributed by atoms with Gasteiger partial charge in [0.25, 0.3) is 0 Å². The van der Waals surface area contributed by atoms with E-state index in [0.717, 1.165) is 19.5 Å². The first-order valence-corrected chi connectivity index (χ1v) is 5.75. The number of piperidine rings is 1. The highest BCUT2D eigenvalue weighted by Crippen LogP contribution is 2.40. The van der Waals surface area contributed by atoms with E-state index in [-0.39, 0.29) is 11.5 Å². The molecule has 1 aliphatic heterocycles. The van der Waals surface area contributed by atoms with Crippen LogP contribution in [0.5, 0.6) is 0 Å². The van der Waals surface area contributed by atoms with Crippen LogP contribution in [0.1, 0.15) is 33.1 Å². The second-order valence-corrected chi connectivity index (χ2v) is 5.32. The van der Waals surface area contributed by atoms with Crippen molar-refractivity contribution in [2.75, 3.05) is 13.1 Å². The summed E-state index contributed by atoms with van der Waals surface area (Å²) in [4.78, 5) is 0. The first kappa shape index (κ1) is 10.4. The predicted octanol–water partition coefficient (Wildman–Crippen LogP) is 0.487. The highest BCUT2D eigenvalue weighted by atomic mass is 16.3. The molecule has 0 aromatic carbocycles. The van der Waals surface area contributed by atoms with E-state index in [4.69, 9.17) is 0 Å². The number of nitrogens with one attached hydrogen (secondary N) is 2. The van der Waals surface area contributed by atoms with Crippen molar-refractivity contribution in [2.45, 2.75) is 51.3 Å². The van der Waals surface area contributed by atoms with Gasteiger partial charge in [-0.05, 0) is 32.4 Å². The van der Waals surface area contributed by atoms with Gasteiger partial charge in [-0.15, -0.1) is 0 Å². The summed E-state index contributed by atoms with van der Waals surface area (Å²) in [6.45, 7) is 6.57. The first-order chi connectivity index (χ1) is 6.60. The van der Waals surface area contributed by atoms with Gasteiger partial charge in [-0.1, -0.05) is 13.8 Å². The fraction of sp³-hybridized carbons (Fsp3) is 1.00. The summed E-state index contributed by atoms with van der Waals surface area (Å²) in [5.41, 5.74) is 0.0743. The van der Waals surface area contributed by atoms with Gasteiger partial charge in [0.05, 0.1) is 6.10 Å². The largest absolute Gasteiger partial charge is 0.392 e. The smallest absolute Gasteiger partial charge is 0.0621 e. The Bertz CT molecular complexity index is 199. The van der Waals surface area contributed by atoms with Gasteiger partial charge in [0.2, 0.25) is 0 Å². The van der Waals surface area contributed by atoms with Gasteiger partial charge in [0, 0.05) is 17.5 Å². The van der Waals surface area contributed by atoms with Crippen molar-refractivity contribution < 1.29 is 5.11 Å². The molecule has 14 heavy (non-hydrogen) atoms. The van der Waals surface area contributed by atoms with Gasteiger partial charge in [0.15, 0.2) is 0 Å². The molecule has 1 saturated heterocycles. The normalized spacial score (nSPS) is 37.9. The zero-order chi connectivity index (χ0) is 10.2. The summed E-state index contributed by atoms with van der Waals surface area (Å²) in [5.74, 6) is 0.